The van der Waals surface area contributed by atoms with E-state index in [1.54, 1.807) is 13.2 Å². The quantitative estimate of drug-likeness (QED) is 0.498. The normalized spacial score (nSPS) is 9.58. The highest BCUT2D eigenvalue weighted by atomic mass is 127. The summed E-state index contributed by atoms with van der Waals surface area (Å²) < 4.78 is 0.334. The number of anilines is 1. The number of rotatable bonds is 2. The molecule has 0 saturated heterocycles. The van der Waals surface area contributed by atoms with E-state index in [0.29, 0.717) is 15.1 Å². The molecule has 2 N–H and O–H groups in total. The molecule has 0 fully saturated rings. The Morgan fingerprint density at radius 1 is 1.75 bits per heavy atom. The van der Waals surface area contributed by atoms with E-state index in [4.69, 9.17) is 17.0 Å². The fraction of sp³-hybridized carbons (Fsp3) is 0.167. The van der Waals surface area contributed by atoms with Gasteiger partial charge in [0.25, 0.3) is 0 Å². The first-order valence-electron chi connectivity index (χ1n) is 3.10. The zero-order valence-electron chi connectivity index (χ0n) is 6.23. The minimum atomic E-state index is 0.158. The molecule has 0 aliphatic carbocycles. The summed E-state index contributed by atoms with van der Waals surface area (Å²) in [4.78, 5) is 7.69. The molecular weight excluding hydrogens is 290 g/mol. The minimum absolute atomic E-state index is 0.158. The standard InChI is InChI=1S/C6H6ClIN4/c1-10-3-2-11-6(7)12-4(3)5(8)9/h2,9-10H,1H3. The van der Waals surface area contributed by atoms with Crippen LogP contribution in [0.25, 0.3) is 0 Å². The zero-order valence-corrected chi connectivity index (χ0v) is 9.14. The van der Waals surface area contributed by atoms with Crippen molar-refractivity contribution in [1.29, 1.82) is 5.41 Å². The Hall–Kier alpha value is -0.430. The lowest BCUT2D eigenvalue weighted by Gasteiger charge is -2.04. The van der Waals surface area contributed by atoms with Gasteiger partial charge in [0, 0.05) is 7.05 Å². The van der Waals surface area contributed by atoms with Crippen LogP contribution in [0.15, 0.2) is 6.20 Å². The highest BCUT2D eigenvalue weighted by Gasteiger charge is 2.07. The molecule has 0 aliphatic heterocycles. The summed E-state index contributed by atoms with van der Waals surface area (Å²) in [5.41, 5.74) is 1.23. The average Bonchev–Trinajstić information content (AvgIpc) is 2.04. The fourth-order valence-corrected chi connectivity index (χ4v) is 1.26. The predicted octanol–water partition coefficient (Wildman–Crippen LogP) is 1.93. The molecule has 1 aromatic rings. The number of hydrogen-bond donors (Lipinski definition) is 2. The van der Waals surface area contributed by atoms with Crippen molar-refractivity contribution in [2.24, 2.45) is 0 Å². The number of nitrogens with zero attached hydrogens (tertiary/aromatic N) is 2. The molecule has 0 amide bonds. The molecule has 0 unspecified atom stereocenters. The van der Waals surface area contributed by atoms with E-state index in [2.05, 4.69) is 15.3 Å². The fourth-order valence-electron chi connectivity index (χ4n) is 0.711. The maximum atomic E-state index is 7.37. The van der Waals surface area contributed by atoms with Gasteiger partial charge in [-0.1, -0.05) is 0 Å². The van der Waals surface area contributed by atoms with Crippen LogP contribution < -0.4 is 5.32 Å². The summed E-state index contributed by atoms with van der Waals surface area (Å²) in [6.07, 6.45) is 1.55. The maximum Gasteiger partial charge on any atom is 0.223 e. The lowest BCUT2D eigenvalue weighted by molar-refractivity contribution is 1.15. The number of hydrogen-bond acceptors (Lipinski definition) is 4. The first-order chi connectivity index (χ1) is 5.65. The SMILES string of the molecule is CNc1cnc(Cl)nc1C(=N)I. The van der Waals surface area contributed by atoms with Gasteiger partial charge >= 0.3 is 0 Å². The highest BCUT2D eigenvalue weighted by Crippen LogP contribution is 2.16. The van der Waals surface area contributed by atoms with E-state index in [-0.39, 0.29) is 5.28 Å². The van der Waals surface area contributed by atoms with Crippen LogP contribution in [-0.4, -0.2) is 20.7 Å². The lowest BCUT2D eigenvalue weighted by atomic mass is 10.4. The number of halogens is 2. The van der Waals surface area contributed by atoms with Crippen molar-refractivity contribution in [3.05, 3.63) is 17.2 Å². The Morgan fingerprint density at radius 3 is 2.92 bits per heavy atom. The molecular formula is C6H6ClIN4. The van der Waals surface area contributed by atoms with Gasteiger partial charge in [0.05, 0.1) is 11.9 Å². The molecule has 0 aromatic carbocycles. The van der Waals surface area contributed by atoms with Gasteiger partial charge in [-0.2, -0.15) is 0 Å². The predicted molar refractivity (Wildman–Crippen MR) is 57.4 cm³/mol. The Balaban J connectivity index is 3.21. The molecule has 0 spiro atoms. The summed E-state index contributed by atoms with van der Waals surface area (Å²) >= 11 is 7.44. The summed E-state index contributed by atoms with van der Waals surface area (Å²) in [5.74, 6) is 0. The third kappa shape index (κ3) is 2.04. The second-order valence-corrected chi connectivity index (χ2v) is 3.38. The van der Waals surface area contributed by atoms with Gasteiger partial charge in [-0.05, 0) is 34.2 Å². The Bertz CT molecular complexity index is 314. The van der Waals surface area contributed by atoms with Crippen molar-refractivity contribution in [3.8, 4) is 0 Å². The van der Waals surface area contributed by atoms with Crippen LogP contribution in [0.3, 0.4) is 0 Å². The first kappa shape index (κ1) is 9.66. The third-order valence-corrected chi connectivity index (χ3v) is 1.93. The Morgan fingerprint density at radius 2 is 2.42 bits per heavy atom. The molecule has 0 radical (unpaired) electrons. The maximum absolute atomic E-state index is 7.37. The summed E-state index contributed by atoms with van der Waals surface area (Å²) in [6.45, 7) is 0. The number of nitrogens with one attached hydrogen (secondary N) is 2. The average molecular weight is 296 g/mol. The molecule has 6 heteroatoms. The third-order valence-electron chi connectivity index (χ3n) is 1.24. The van der Waals surface area contributed by atoms with Gasteiger partial charge in [0.1, 0.15) is 9.41 Å². The van der Waals surface area contributed by atoms with Crippen molar-refractivity contribution < 1.29 is 0 Å². The van der Waals surface area contributed by atoms with Gasteiger partial charge in [-0.3, -0.25) is 5.41 Å². The molecule has 0 aliphatic rings. The van der Waals surface area contributed by atoms with Crippen molar-refractivity contribution >= 4 is 43.6 Å². The molecule has 4 nitrogen and oxygen atoms in total. The van der Waals surface area contributed by atoms with Crippen molar-refractivity contribution in [1.82, 2.24) is 9.97 Å². The summed E-state index contributed by atoms with van der Waals surface area (Å²) in [7, 11) is 1.75. The van der Waals surface area contributed by atoms with Crippen molar-refractivity contribution in [2.45, 2.75) is 0 Å². The lowest BCUT2D eigenvalue weighted by Crippen LogP contribution is -2.02. The van der Waals surface area contributed by atoms with Crippen LogP contribution in [0.1, 0.15) is 5.69 Å². The van der Waals surface area contributed by atoms with Gasteiger partial charge in [-0.15, -0.1) is 0 Å². The monoisotopic (exact) mass is 296 g/mol. The van der Waals surface area contributed by atoms with Gasteiger partial charge in [0.2, 0.25) is 5.28 Å². The first-order valence-corrected chi connectivity index (χ1v) is 4.55. The van der Waals surface area contributed by atoms with E-state index in [0.717, 1.165) is 0 Å². The van der Waals surface area contributed by atoms with Gasteiger partial charge < -0.3 is 5.32 Å². The molecule has 0 bridgehead atoms. The second kappa shape index (κ2) is 3.99. The van der Waals surface area contributed by atoms with Crippen LogP contribution in [0.4, 0.5) is 5.69 Å². The van der Waals surface area contributed by atoms with Crippen LogP contribution >= 0.6 is 34.2 Å². The van der Waals surface area contributed by atoms with E-state index >= 15 is 0 Å². The van der Waals surface area contributed by atoms with Crippen molar-refractivity contribution in [3.63, 3.8) is 0 Å². The topological polar surface area (TPSA) is 61.7 Å². The molecule has 1 rings (SSSR count). The van der Waals surface area contributed by atoms with Gasteiger partial charge in [-0.25, -0.2) is 9.97 Å². The largest absolute Gasteiger partial charge is 0.385 e. The molecule has 1 aromatic heterocycles. The molecule has 0 atom stereocenters. The molecule has 12 heavy (non-hydrogen) atoms. The minimum Gasteiger partial charge on any atom is -0.385 e. The van der Waals surface area contributed by atoms with E-state index in [1.165, 1.54) is 0 Å². The van der Waals surface area contributed by atoms with E-state index in [1.807, 2.05) is 22.6 Å². The van der Waals surface area contributed by atoms with E-state index in [9.17, 15) is 0 Å². The summed E-state index contributed by atoms with van der Waals surface area (Å²) in [5, 5.41) is 10.4. The second-order valence-electron chi connectivity index (χ2n) is 1.97. The Labute approximate surface area is 88.4 Å². The molecule has 0 saturated carbocycles. The van der Waals surface area contributed by atoms with Crippen LogP contribution in [0, 0.1) is 5.41 Å². The Kier molecular flexibility index (Phi) is 3.21. The molecule has 64 valence electrons. The summed E-state index contributed by atoms with van der Waals surface area (Å²) in [6, 6.07) is 0. The number of aromatic nitrogens is 2. The van der Waals surface area contributed by atoms with Gasteiger partial charge in [0.15, 0.2) is 0 Å². The van der Waals surface area contributed by atoms with Crippen molar-refractivity contribution in [2.75, 3.05) is 12.4 Å². The molecule has 1 heterocycles. The van der Waals surface area contributed by atoms with E-state index < -0.39 is 0 Å². The highest BCUT2D eigenvalue weighted by molar-refractivity contribution is 14.1. The van der Waals surface area contributed by atoms with Crippen LogP contribution in [-0.2, 0) is 0 Å². The van der Waals surface area contributed by atoms with Crippen LogP contribution in [0.2, 0.25) is 5.28 Å². The van der Waals surface area contributed by atoms with Crippen LogP contribution in [0.5, 0.6) is 0 Å². The zero-order chi connectivity index (χ0) is 9.14. The smallest absolute Gasteiger partial charge is 0.223 e.